The average molecular weight is 235 g/mol. The summed E-state index contributed by atoms with van der Waals surface area (Å²) < 4.78 is 5.59. The summed E-state index contributed by atoms with van der Waals surface area (Å²) in [4.78, 5) is 4.07. The van der Waals surface area contributed by atoms with Crippen LogP contribution in [0.1, 0.15) is 12.5 Å². The van der Waals surface area contributed by atoms with Crippen LogP contribution in [0.25, 0.3) is 0 Å². The minimum atomic E-state index is 0.619. The van der Waals surface area contributed by atoms with Crippen LogP contribution < -0.4 is 15.4 Å². The molecule has 4 nitrogen and oxygen atoms in total. The molecule has 0 saturated carbocycles. The second-order valence-corrected chi connectivity index (χ2v) is 3.69. The highest BCUT2D eigenvalue weighted by atomic mass is 16.5. The van der Waals surface area contributed by atoms with Gasteiger partial charge >= 0.3 is 0 Å². The van der Waals surface area contributed by atoms with E-state index >= 15 is 0 Å². The van der Waals surface area contributed by atoms with E-state index in [9.17, 15) is 0 Å². The topological polar surface area (TPSA) is 45.7 Å². The van der Waals surface area contributed by atoms with E-state index in [-0.39, 0.29) is 0 Å². The number of nitrogens with zero attached hydrogens (tertiary/aromatic N) is 1. The van der Waals surface area contributed by atoms with Gasteiger partial charge < -0.3 is 15.4 Å². The molecule has 0 aliphatic carbocycles. The van der Waals surface area contributed by atoms with E-state index in [4.69, 9.17) is 4.74 Å². The summed E-state index contributed by atoms with van der Waals surface area (Å²) in [6, 6.07) is 8.05. The third-order valence-corrected chi connectivity index (χ3v) is 2.25. The van der Waals surface area contributed by atoms with E-state index in [1.165, 1.54) is 5.56 Å². The zero-order valence-corrected chi connectivity index (χ0v) is 10.8. The normalized spacial score (nSPS) is 11.1. The summed E-state index contributed by atoms with van der Waals surface area (Å²) in [5.74, 6) is 1.70. The molecule has 1 rings (SSSR count). The second kappa shape index (κ2) is 7.54. The SMILES string of the molecule is CCNC(=NC)NCCOc1ccc(C)cc1. The molecule has 0 spiro atoms. The van der Waals surface area contributed by atoms with Gasteiger partial charge in [0, 0.05) is 13.6 Å². The van der Waals surface area contributed by atoms with E-state index < -0.39 is 0 Å². The molecule has 1 aromatic carbocycles. The molecular formula is C13H21N3O. The van der Waals surface area contributed by atoms with Gasteiger partial charge in [0.25, 0.3) is 0 Å². The number of benzene rings is 1. The zero-order valence-electron chi connectivity index (χ0n) is 10.8. The van der Waals surface area contributed by atoms with Crippen LogP contribution in [0.4, 0.5) is 0 Å². The van der Waals surface area contributed by atoms with Gasteiger partial charge in [-0.25, -0.2) is 0 Å². The van der Waals surface area contributed by atoms with Gasteiger partial charge in [-0.15, -0.1) is 0 Å². The number of nitrogens with one attached hydrogen (secondary N) is 2. The van der Waals surface area contributed by atoms with Crippen molar-refractivity contribution in [3.8, 4) is 5.75 Å². The minimum Gasteiger partial charge on any atom is -0.492 e. The molecule has 1 aromatic rings. The Morgan fingerprint density at radius 3 is 2.53 bits per heavy atom. The fraction of sp³-hybridized carbons (Fsp3) is 0.462. The lowest BCUT2D eigenvalue weighted by Crippen LogP contribution is -2.39. The predicted molar refractivity (Wildman–Crippen MR) is 71.7 cm³/mol. The van der Waals surface area contributed by atoms with E-state index in [2.05, 4.69) is 22.5 Å². The van der Waals surface area contributed by atoms with Crippen molar-refractivity contribution in [1.82, 2.24) is 10.6 Å². The van der Waals surface area contributed by atoms with Crippen molar-refractivity contribution in [3.05, 3.63) is 29.8 Å². The average Bonchev–Trinajstić information content (AvgIpc) is 2.35. The Hall–Kier alpha value is -1.71. The van der Waals surface area contributed by atoms with E-state index in [0.717, 1.165) is 24.8 Å². The molecule has 4 heteroatoms. The predicted octanol–water partition coefficient (Wildman–Crippen LogP) is 1.56. The molecule has 0 bridgehead atoms. The molecule has 0 unspecified atom stereocenters. The van der Waals surface area contributed by atoms with E-state index in [0.29, 0.717) is 6.61 Å². The Morgan fingerprint density at radius 1 is 1.24 bits per heavy atom. The Labute approximate surface area is 103 Å². The minimum absolute atomic E-state index is 0.619. The highest BCUT2D eigenvalue weighted by molar-refractivity contribution is 5.79. The molecular weight excluding hydrogens is 214 g/mol. The monoisotopic (exact) mass is 235 g/mol. The Balaban J connectivity index is 2.22. The van der Waals surface area contributed by atoms with E-state index in [1.54, 1.807) is 7.05 Å². The molecule has 0 fully saturated rings. The highest BCUT2D eigenvalue weighted by Gasteiger charge is 1.95. The van der Waals surface area contributed by atoms with Crippen LogP contribution in [0, 0.1) is 6.92 Å². The van der Waals surface area contributed by atoms with E-state index in [1.807, 2.05) is 31.2 Å². The quantitative estimate of drug-likeness (QED) is 0.462. The van der Waals surface area contributed by atoms with Crippen molar-refractivity contribution < 1.29 is 4.74 Å². The smallest absolute Gasteiger partial charge is 0.191 e. The first-order chi connectivity index (χ1) is 8.26. The largest absolute Gasteiger partial charge is 0.492 e. The molecule has 0 aliphatic heterocycles. The summed E-state index contributed by atoms with van der Waals surface area (Å²) in [7, 11) is 1.76. The lowest BCUT2D eigenvalue weighted by atomic mass is 10.2. The van der Waals surface area contributed by atoms with Crippen LogP contribution in [0.3, 0.4) is 0 Å². The zero-order chi connectivity index (χ0) is 12.5. The van der Waals surface area contributed by atoms with Crippen LogP contribution in [-0.4, -0.2) is 32.7 Å². The standard InChI is InChI=1S/C13H21N3O/c1-4-15-13(14-3)16-9-10-17-12-7-5-11(2)6-8-12/h5-8H,4,9-10H2,1-3H3,(H2,14,15,16). The van der Waals surface area contributed by atoms with Gasteiger partial charge in [-0.2, -0.15) is 0 Å². The summed E-state index contributed by atoms with van der Waals surface area (Å²) >= 11 is 0. The van der Waals surface area contributed by atoms with Crippen molar-refractivity contribution in [2.45, 2.75) is 13.8 Å². The molecule has 0 saturated heterocycles. The molecule has 0 aliphatic rings. The highest BCUT2D eigenvalue weighted by Crippen LogP contribution is 2.10. The maximum absolute atomic E-state index is 5.59. The number of ether oxygens (including phenoxy) is 1. The fourth-order valence-corrected chi connectivity index (χ4v) is 1.36. The lowest BCUT2D eigenvalue weighted by molar-refractivity contribution is 0.322. The molecule has 0 atom stereocenters. The first-order valence-corrected chi connectivity index (χ1v) is 5.90. The summed E-state index contributed by atoms with van der Waals surface area (Å²) in [5.41, 5.74) is 1.24. The number of aliphatic imine (C=N–C) groups is 1. The van der Waals surface area contributed by atoms with Crippen LogP contribution in [0.5, 0.6) is 5.75 Å². The van der Waals surface area contributed by atoms with Gasteiger partial charge in [0.05, 0.1) is 6.54 Å². The van der Waals surface area contributed by atoms with Crippen molar-refractivity contribution in [3.63, 3.8) is 0 Å². The molecule has 0 radical (unpaired) electrons. The van der Waals surface area contributed by atoms with Gasteiger partial charge in [-0.1, -0.05) is 17.7 Å². The first-order valence-electron chi connectivity index (χ1n) is 5.90. The molecule has 94 valence electrons. The van der Waals surface area contributed by atoms with Gasteiger partial charge in [0.1, 0.15) is 12.4 Å². The maximum Gasteiger partial charge on any atom is 0.191 e. The fourth-order valence-electron chi connectivity index (χ4n) is 1.36. The van der Waals surface area contributed by atoms with Gasteiger partial charge in [-0.05, 0) is 26.0 Å². The lowest BCUT2D eigenvalue weighted by Gasteiger charge is -2.11. The summed E-state index contributed by atoms with van der Waals surface area (Å²) in [6.45, 7) is 6.31. The van der Waals surface area contributed by atoms with Crippen molar-refractivity contribution in [1.29, 1.82) is 0 Å². The van der Waals surface area contributed by atoms with Crippen LogP contribution >= 0.6 is 0 Å². The third-order valence-electron chi connectivity index (χ3n) is 2.25. The van der Waals surface area contributed by atoms with Gasteiger partial charge in [-0.3, -0.25) is 4.99 Å². The van der Waals surface area contributed by atoms with Crippen molar-refractivity contribution in [2.24, 2.45) is 4.99 Å². The summed E-state index contributed by atoms with van der Waals surface area (Å²) in [5, 5.41) is 6.29. The van der Waals surface area contributed by atoms with Gasteiger partial charge in [0.15, 0.2) is 5.96 Å². The summed E-state index contributed by atoms with van der Waals surface area (Å²) in [6.07, 6.45) is 0. The molecule has 2 N–H and O–H groups in total. The number of hydrogen-bond donors (Lipinski definition) is 2. The number of aryl methyl sites for hydroxylation is 1. The Morgan fingerprint density at radius 2 is 1.94 bits per heavy atom. The van der Waals surface area contributed by atoms with Crippen LogP contribution in [0.2, 0.25) is 0 Å². The van der Waals surface area contributed by atoms with Crippen molar-refractivity contribution >= 4 is 5.96 Å². The number of guanidine groups is 1. The molecule has 0 heterocycles. The first kappa shape index (κ1) is 13.4. The van der Waals surface area contributed by atoms with Crippen LogP contribution in [0.15, 0.2) is 29.3 Å². The van der Waals surface area contributed by atoms with Gasteiger partial charge in [0.2, 0.25) is 0 Å². The maximum atomic E-state index is 5.59. The second-order valence-electron chi connectivity index (χ2n) is 3.69. The number of hydrogen-bond acceptors (Lipinski definition) is 2. The number of rotatable bonds is 5. The Bertz CT molecular complexity index is 346. The molecule has 17 heavy (non-hydrogen) atoms. The van der Waals surface area contributed by atoms with Crippen LogP contribution in [-0.2, 0) is 0 Å². The van der Waals surface area contributed by atoms with Crippen molar-refractivity contribution in [2.75, 3.05) is 26.7 Å². The third kappa shape index (κ3) is 5.24. The molecule has 0 aromatic heterocycles. The molecule has 0 amide bonds. The Kier molecular flexibility index (Phi) is 5.93.